The van der Waals surface area contributed by atoms with Crippen LogP contribution in [-0.4, -0.2) is 34.7 Å². The van der Waals surface area contributed by atoms with E-state index >= 15 is 0 Å². The fourth-order valence-corrected chi connectivity index (χ4v) is 1.70. The predicted octanol–water partition coefficient (Wildman–Crippen LogP) is -0.173. The zero-order valence-electron chi connectivity index (χ0n) is 10.00. The number of nitrogens with two attached hydrogens (primary N) is 1. The number of carbonyl (C=O) groups excluding carboxylic acids is 2. The Hall–Kier alpha value is -2.02. The van der Waals surface area contributed by atoms with Gasteiger partial charge in [0.1, 0.15) is 6.04 Å². The van der Waals surface area contributed by atoms with Gasteiger partial charge in [-0.1, -0.05) is 12.1 Å². The zero-order valence-corrected chi connectivity index (χ0v) is 10.9. The fraction of sp³-hybridized carbons (Fsp3) is 0.250. The molecule has 1 aromatic carbocycles. The second kappa shape index (κ2) is 6.79. The van der Waals surface area contributed by atoms with Crippen LogP contribution in [0.25, 0.3) is 0 Å². The molecule has 102 valence electrons. The molecule has 2 amide bonds. The molecule has 0 heterocycles. The first-order valence-electron chi connectivity index (χ1n) is 5.45. The van der Waals surface area contributed by atoms with E-state index in [2.05, 4.69) is 17.9 Å². The summed E-state index contributed by atoms with van der Waals surface area (Å²) < 4.78 is 0. The quantitative estimate of drug-likeness (QED) is 0.543. The largest absolute Gasteiger partial charge is 0.480 e. The molecule has 0 fully saturated rings. The Kier molecular flexibility index (Phi) is 5.37. The average Bonchev–Trinajstić information content (AvgIpc) is 2.35. The number of aliphatic carboxylic acids is 1. The van der Waals surface area contributed by atoms with Crippen LogP contribution in [-0.2, 0) is 16.0 Å². The van der Waals surface area contributed by atoms with E-state index in [-0.39, 0.29) is 12.2 Å². The molecule has 0 aliphatic heterocycles. The summed E-state index contributed by atoms with van der Waals surface area (Å²) in [5.74, 6) is -2.18. The SMILES string of the molecule is NC(=O)c1cccc(CC(=O)N[C@@H](CS)C(=O)O)c1. The van der Waals surface area contributed by atoms with Gasteiger partial charge in [0, 0.05) is 11.3 Å². The highest BCUT2D eigenvalue weighted by Gasteiger charge is 2.18. The number of nitrogens with one attached hydrogen (secondary N) is 1. The molecule has 1 atom stereocenters. The average molecular weight is 282 g/mol. The lowest BCUT2D eigenvalue weighted by molar-refractivity contribution is -0.141. The Labute approximate surface area is 115 Å². The summed E-state index contributed by atoms with van der Waals surface area (Å²) in [7, 11) is 0. The molecule has 0 radical (unpaired) electrons. The van der Waals surface area contributed by atoms with Gasteiger partial charge in [-0.2, -0.15) is 12.6 Å². The molecular formula is C12H14N2O4S. The topological polar surface area (TPSA) is 109 Å². The van der Waals surface area contributed by atoms with Crippen LogP contribution in [0.5, 0.6) is 0 Å². The van der Waals surface area contributed by atoms with Crippen molar-refractivity contribution < 1.29 is 19.5 Å². The van der Waals surface area contributed by atoms with E-state index in [1.165, 1.54) is 12.1 Å². The van der Waals surface area contributed by atoms with Gasteiger partial charge < -0.3 is 16.2 Å². The molecule has 19 heavy (non-hydrogen) atoms. The molecule has 0 saturated carbocycles. The number of primary amides is 1. The number of carbonyl (C=O) groups is 3. The Bertz CT molecular complexity index is 504. The fourth-order valence-electron chi connectivity index (χ4n) is 1.45. The third-order valence-corrected chi connectivity index (χ3v) is 2.76. The van der Waals surface area contributed by atoms with Gasteiger partial charge in [0.25, 0.3) is 0 Å². The number of hydrogen-bond acceptors (Lipinski definition) is 4. The second-order valence-corrected chi connectivity index (χ2v) is 4.25. The third-order valence-electron chi connectivity index (χ3n) is 2.39. The minimum absolute atomic E-state index is 0.00238. The van der Waals surface area contributed by atoms with Gasteiger partial charge in [-0.25, -0.2) is 4.79 Å². The lowest BCUT2D eigenvalue weighted by Crippen LogP contribution is -2.42. The van der Waals surface area contributed by atoms with Crippen molar-refractivity contribution in [1.29, 1.82) is 0 Å². The molecule has 4 N–H and O–H groups in total. The zero-order chi connectivity index (χ0) is 14.4. The van der Waals surface area contributed by atoms with E-state index in [1.54, 1.807) is 12.1 Å². The molecular weight excluding hydrogens is 268 g/mol. The van der Waals surface area contributed by atoms with Gasteiger partial charge >= 0.3 is 5.97 Å². The van der Waals surface area contributed by atoms with E-state index in [1.807, 2.05) is 0 Å². The van der Waals surface area contributed by atoms with Crippen molar-refractivity contribution in [1.82, 2.24) is 5.32 Å². The lowest BCUT2D eigenvalue weighted by Gasteiger charge is -2.11. The van der Waals surface area contributed by atoms with Crippen LogP contribution in [0.4, 0.5) is 0 Å². The van der Waals surface area contributed by atoms with E-state index < -0.39 is 23.8 Å². The van der Waals surface area contributed by atoms with E-state index in [0.717, 1.165) is 0 Å². The number of carboxylic acids is 1. The Morgan fingerprint density at radius 1 is 1.37 bits per heavy atom. The molecule has 0 aliphatic carbocycles. The number of hydrogen-bond donors (Lipinski definition) is 4. The van der Waals surface area contributed by atoms with Gasteiger partial charge in [0.15, 0.2) is 0 Å². The molecule has 0 unspecified atom stereocenters. The predicted molar refractivity (Wildman–Crippen MR) is 72.1 cm³/mol. The number of carboxylic acid groups (broad SMARTS) is 1. The summed E-state index contributed by atoms with van der Waals surface area (Å²) in [6, 6.07) is 5.27. The Balaban J connectivity index is 2.69. The lowest BCUT2D eigenvalue weighted by atomic mass is 10.1. The monoisotopic (exact) mass is 282 g/mol. The number of amides is 2. The summed E-state index contributed by atoms with van der Waals surface area (Å²) >= 11 is 3.84. The minimum Gasteiger partial charge on any atom is -0.480 e. The molecule has 0 aromatic heterocycles. The summed E-state index contributed by atoms with van der Waals surface area (Å²) in [6.07, 6.45) is -0.0291. The Morgan fingerprint density at radius 3 is 2.58 bits per heavy atom. The second-order valence-electron chi connectivity index (χ2n) is 3.88. The van der Waals surface area contributed by atoms with E-state index in [9.17, 15) is 14.4 Å². The Morgan fingerprint density at radius 2 is 2.05 bits per heavy atom. The highest BCUT2D eigenvalue weighted by Crippen LogP contribution is 2.05. The first-order valence-corrected chi connectivity index (χ1v) is 6.09. The molecule has 0 aliphatic rings. The normalized spacial score (nSPS) is 11.6. The van der Waals surface area contributed by atoms with Gasteiger partial charge in [-0.3, -0.25) is 9.59 Å². The first kappa shape index (κ1) is 15.0. The van der Waals surface area contributed by atoms with Crippen LogP contribution in [0.3, 0.4) is 0 Å². The van der Waals surface area contributed by atoms with E-state index in [0.29, 0.717) is 11.1 Å². The number of thiol groups is 1. The number of benzene rings is 1. The summed E-state index contributed by atoms with van der Waals surface area (Å²) in [5.41, 5.74) is 6.01. The summed E-state index contributed by atoms with van der Waals surface area (Å²) in [4.78, 5) is 33.4. The molecule has 0 bridgehead atoms. The van der Waals surface area contributed by atoms with Crippen molar-refractivity contribution in [3.8, 4) is 0 Å². The van der Waals surface area contributed by atoms with Crippen LogP contribution < -0.4 is 11.1 Å². The van der Waals surface area contributed by atoms with Gasteiger partial charge in [0.2, 0.25) is 11.8 Å². The standard InChI is InChI=1S/C12H14N2O4S/c13-11(16)8-3-1-2-7(4-8)5-10(15)14-9(6-19)12(17)18/h1-4,9,19H,5-6H2,(H2,13,16)(H,14,15)(H,17,18)/t9-/m0/s1. The van der Waals surface area contributed by atoms with Crippen LogP contribution in [0.1, 0.15) is 15.9 Å². The minimum atomic E-state index is -1.14. The van der Waals surface area contributed by atoms with Gasteiger partial charge in [-0.05, 0) is 17.7 Å². The van der Waals surface area contributed by atoms with Crippen LogP contribution in [0, 0.1) is 0 Å². The van der Waals surface area contributed by atoms with Crippen molar-refractivity contribution in [2.24, 2.45) is 5.73 Å². The van der Waals surface area contributed by atoms with Crippen LogP contribution >= 0.6 is 12.6 Å². The first-order chi connectivity index (χ1) is 8.93. The highest BCUT2D eigenvalue weighted by atomic mass is 32.1. The van der Waals surface area contributed by atoms with Crippen LogP contribution in [0.2, 0.25) is 0 Å². The molecule has 0 saturated heterocycles. The summed E-state index contributed by atoms with van der Waals surface area (Å²) in [6.45, 7) is 0. The van der Waals surface area contributed by atoms with Crippen molar-refractivity contribution in [3.63, 3.8) is 0 Å². The van der Waals surface area contributed by atoms with Crippen molar-refractivity contribution in [3.05, 3.63) is 35.4 Å². The molecule has 0 spiro atoms. The van der Waals surface area contributed by atoms with Crippen molar-refractivity contribution in [2.45, 2.75) is 12.5 Å². The molecule has 1 aromatic rings. The maximum absolute atomic E-state index is 11.6. The number of rotatable bonds is 6. The van der Waals surface area contributed by atoms with Gasteiger partial charge in [-0.15, -0.1) is 0 Å². The van der Waals surface area contributed by atoms with Crippen molar-refractivity contribution in [2.75, 3.05) is 5.75 Å². The molecule has 7 heteroatoms. The molecule has 6 nitrogen and oxygen atoms in total. The smallest absolute Gasteiger partial charge is 0.327 e. The molecule has 1 rings (SSSR count). The van der Waals surface area contributed by atoms with Crippen LogP contribution in [0.15, 0.2) is 24.3 Å². The maximum atomic E-state index is 11.6. The van der Waals surface area contributed by atoms with E-state index in [4.69, 9.17) is 10.8 Å². The van der Waals surface area contributed by atoms with Gasteiger partial charge in [0.05, 0.1) is 6.42 Å². The highest BCUT2D eigenvalue weighted by molar-refractivity contribution is 7.80. The maximum Gasteiger partial charge on any atom is 0.327 e. The summed E-state index contributed by atoms with van der Waals surface area (Å²) in [5, 5.41) is 11.1. The van der Waals surface area contributed by atoms with Crippen molar-refractivity contribution >= 4 is 30.4 Å². The third kappa shape index (κ3) is 4.63.